The lowest BCUT2D eigenvalue weighted by Crippen LogP contribution is -2.01. The molecule has 0 saturated carbocycles. The lowest BCUT2D eigenvalue weighted by atomic mass is 10.00. The molecule has 0 unspecified atom stereocenters. The van der Waals surface area contributed by atoms with Crippen LogP contribution in [0.25, 0.3) is 12.2 Å². The SMILES string of the molecule is O=C(C(=Cc1ccc(Cl)cc1)/C=C/c1ccccc1)c1ccccc1. The van der Waals surface area contributed by atoms with Gasteiger partial charge in [-0.3, -0.25) is 4.79 Å². The van der Waals surface area contributed by atoms with Crippen molar-refractivity contribution in [1.82, 2.24) is 0 Å². The Morgan fingerprint density at radius 2 is 1.32 bits per heavy atom. The van der Waals surface area contributed by atoms with Gasteiger partial charge in [-0.05, 0) is 29.3 Å². The maximum Gasteiger partial charge on any atom is 0.193 e. The van der Waals surface area contributed by atoms with Crippen LogP contribution in [0.3, 0.4) is 0 Å². The molecule has 0 aliphatic rings. The third kappa shape index (κ3) is 4.79. The molecule has 0 spiro atoms. The molecule has 0 fully saturated rings. The number of hydrogen-bond donors (Lipinski definition) is 0. The van der Waals surface area contributed by atoms with Crippen LogP contribution < -0.4 is 0 Å². The Kier molecular flexibility index (Phi) is 5.61. The lowest BCUT2D eigenvalue weighted by molar-refractivity contribution is 0.103. The first-order valence-corrected chi connectivity index (χ1v) is 8.40. The first-order valence-electron chi connectivity index (χ1n) is 8.02. The molecule has 0 atom stereocenters. The van der Waals surface area contributed by atoms with Gasteiger partial charge >= 0.3 is 0 Å². The zero-order chi connectivity index (χ0) is 17.5. The predicted molar refractivity (Wildman–Crippen MR) is 106 cm³/mol. The van der Waals surface area contributed by atoms with E-state index < -0.39 is 0 Å². The Bertz CT molecular complexity index is 892. The van der Waals surface area contributed by atoms with Gasteiger partial charge in [0.15, 0.2) is 5.78 Å². The summed E-state index contributed by atoms with van der Waals surface area (Å²) >= 11 is 5.95. The molecule has 0 N–H and O–H groups in total. The largest absolute Gasteiger partial charge is 0.289 e. The van der Waals surface area contributed by atoms with E-state index in [9.17, 15) is 4.79 Å². The molecule has 0 aromatic heterocycles. The second kappa shape index (κ2) is 8.27. The van der Waals surface area contributed by atoms with Crippen LogP contribution in [0.15, 0.2) is 96.6 Å². The molecule has 3 aromatic carbocycles. The maximum absolute atomic E-state index is 12.9. The van der Waals surface area contributed by atoms with Crippen LogP contribution in [0.5, 0.6) is 0 Å². The van der Waals surface area contributed by atoms with Crippen LogP contribution in [-0.4, -0.2) is 5.78 Å². The Labute approximate surface area is 152 Å². The third-order valence-corrected chi connectivity index (χ3v) is 4.00. The van der Waals surface area contributed by atoms with Crippen LogP contribution in [-0.2, 0) is 0 Å². The van der Waals surface area contributed by atoms with Gasteiger partial charge in [-0.15, -0.1) is 0 Å². The smallest absolute Gasteiger partial charge is 0.193 e. The summed E-state index contributed by atoms with van der Waals surface area (Å²) in [4.78, 5) is 12.9. The number of carbonyl (C=O) groups excluding carboxylic acids is 1. The molecule has 25 heavy (non-hydrogen) atoms. The molecule has 3 aromatic rings. The Balaban J connectivity index is 1.97. The van der Waals surface area contributed by atoms with Crippen molar-refractivity contribution < 1.29 is 4.79 Å². The van der Waals surface area contributed by atoms with Gasteiger partial charge in [-0.1, -0.05) is 96.5 Å². The zero-order valence-corrected chi connectivity index (χ0v) is 14.4. The number of halogens is 1. The second-order valence-corrected chi connectivity index (χ2v) is 6.03. The molecule has 0 saturated heterocycles. The van der Waals surface area contributed by atoms with Crippen molar-refractivity contribution in [3.05, 3.63) is 118 Å². The fourth-order valence-corrected chi connectivity index (χ4v) is 2.56. The summed E-state index contributed by atoms with van der Waals surface area (Å²) in [6.07, 6.45) is 5.69. The average molecular weight is 345 g/mol. The Morgan fingerprint density at radius 3 is 1.96 bits per heavy atom. The monoisotopic (exact) mass is 344 g/mol. The van der Waals surface area contributed by atoms with Crippen LogP contribution in [0.2, 0.25) is 5.02 Å². The summed E-state index contributed by atoms with van der Waals surface area (Å²) in [7, 11) is 0. The number of allylic oxidation sites excluding steroid dienone is 2. The van der Waals surface area contributed by atoms with Gasteiger partial charge in [-0.25, -0.2) is 0 Å². The van der Waals surface area contributed by atoms with Crippen LogP contribution in [0.4, 0.5) is 0 Å². The fraction of sp³-hybridized carbons (Fsp3) is 0. The van der Waals surface area contributed by atoms with Crippen LogP contribution >= 0.6 is 11.6 Å². The molecule has 1 nitrogen and oxygen atoms in total. The van der Waals surface area contributed by atoms with Crippen LogP contribution in [0.1, 0.15) is 21.5 Å². The topological polar surface area (TPSA) is 17.1 Å². The van der Waals surface area contributed by atoms with E-state index in [0.29, 0.717) is 16.2 Å². The zero-order valence-electron chi connectivity index (χ0n) is 13.6. The highest BCUT2D eigenvalue weighted by atomic mass is 35.5. The second-order valence-electron chi connectivity index (χ2n) is 5.59. The maximum atomic E-state index is 12.9. The average Bonchev–Trinajstić information content (AvgIpc) is 2.67. The molecule has 0 amide bonds. The van der Waals surface area contributed by atoms with Gasteiger partial charge in [0.1, 0.15) is 0 Å². The molecule has 0 heterocycles. The highest BCUT2D eigenvalue weighted by molar-refractivity contribution is 6.30. The minimum Gasteiger partial charge on any atom is -0.289 e. The molecule has 2 heteroatoms. The van der Waals surface area contributed by atoms with Crippen LogP contribution in [0, 0.1) is 0 Å². The molecule has 0 bridgehead atoms. The van der Waals surface area contributed by atoms with Crippen molar-refractivity contribution in [3.8, 4) is 0 Å². The van der Waals surface area contributed by atoms with Crippen molar-refractivity contribution in [2.24, 2.45) is 0 Å². The summed E-state index contributed by atoms with van der Waals surface area (Å²) in [6.45, 7) is 0. The highest BCUT2D eigenvalue weighted by Crippen LogP contribution is 2.17. The molecule has 0 aliphatic heterocycles. The van der Waals surface area contributed by atoms with Gasteiger partial charge in [0.05, 0.1) is 0 Å². The predicted octanol–water partition coefficient (Wildman–Crippen LogP) is 6.32. The van der Waals surface area contributed by atoms with Crippen molar-refractivity contribution in [2.45, 2.75) is 0 Å². The number of carbonyl (C=O) groups is 1. The van der Waals surface area contributed by atoms with Crippen molar-refractivity contribution in [3.63, 3.8) is 0 Å². The third-order valence-electron chi connectivity index (χ3n) is 3.75. The van der Waals surface area contributed by atoms with E-state index in [1.165, 1.54) is 0 Å². The van der Waals surface area contributed by atoms with Gasteiger partial charge < -0.3 is 0 Å². The van der Waals surface area contributed by atoms with E-state index in [0.717, 1.165) is 11.1 Å². The Hall–Kier alpha value is -2.90. The number of rotatable bonds is 5. The van der Waals surface area contributed by atoms with E-state index in [4.69, 9.17) is 11.6 Å². The Morgan fingerprint density at radius 1 is 0.720 bits per heavy atom. The summed E-state index contributed by atoms with van der Waals surface area (Å²) in [6, 6.07) is 26.7. The molecular formula is C23H17ClO. The van der Waals surface area contributed by atoms with E-state index in [1.807, 2.05) is 103 Å². The summed E-state index contributed by atoms with van der Waals surface area (Å²) in [5, 5.41) is 0.674. The van der Waals surface area contributed by atoms with Gasteiger partial charge in [0.25, 0.3) is 0 Å². The van der Waals surface area contributed by atoms with Crippen molar-refractivity contribution in [1.29, 1.82) is 0 Å². The standard InChI is InChI=1S/C23H17ClO/c24-22-15-12-19(13-16-22)17-21(14-11-18-7-3-1-4-8-18)23(25)20-9-5-2-6-10-20/h1-17H/b14-11+,21-17?. The summed E-state index contributed by atoms with van der Waals surface area (Å²) in [5.41, 5.74) is 3.27. The quantitative estimate of drug-likeness (QED) is 0.300. The number of benzene rings is 3. The number of ketones is 1. The van der Waals surface area contributed by atoms with Gasteiger partial charge in [0, 0.05) is 16.2 Å². The van der Waals surface area contributed by atoms with Gasteiger partial charge in [0.2, 0.25) is 0 Å². The summed E-state index contributed by atoms with van der Waals surface area (Å²) in [5.74, 6) is -0.0114. The minimum atomic E-state index is -0.0114. The normalized spacial score (nSPS) is 11.6. The number of Topliss-reactive ketones (excluding diaryl/α,β-unsaturated/α-hetero) is 1. The first-order chi connectivity index (χ1) is 12.2. The van der Waals surface area contributed by atoms with Crippen molar-refractivity contribution >= 4 is 29.5 Å². The molecule has 0 aliphatic carbocycles. The van der Waals surface area contributed by atoms with E-state index in [2.05, 4.69) is 0 Å². The molecule has 3 rings (SSSR count). The molecular weight excluding hydrogens is 328 g/mol. The van der Waals surface area contributed by atoms with Crippen molar-refractivity contribution in [2.75, 3.05) is 0 Å². The molecule has 122 valence electrons. The van der Waals surface area contributed by atoms with E-state index in [-0.39, 0.29) is 5.78 Å². The minimum absolute atomic E-state index is 0.0114. The fourth-order valence-electron chi connectivity index (χ4n) is 2.43. The molecule has 0 radical (unpaired) electrons. The first kappa shape index (κ1) is 16.9. The van der Waals surface area contributed by atoms with E-state index >= 15 is 0 Å². The number of hydrogen-bond acceptors (Lipinski definition) is 1. The van der Waals surface area contributed by atoms with Gasteiger partial charge in [-0.2, -0.15) is 0 Å². The highest BCUT2D eigenvalue weighted by Gasteiger charge is 2.09. The lowest BCUT2D eigenvalue weighted by Gasteiger charge is -2.04. The summed E-state index contributed by atoms with van der Waals surface area (Å²) < 4.78 is 0. The van der Waals surface area contributed by atoms with E-state index in [1.54, 1.807) is 0 Å².